The first-order valence-corrected chi connectivity index (χ1v) is 19.1. The zero-order valence-electron chi connectivity index (χ0n) is 28.3. The molecule has 0 fully saturated rings. The van der Waals surface area contributed by atoms with E-state index in [4.69, 9.17) is 10.5 Å². The summed E-state index contributed by atoms with van der Waals surface area (Å²) in [4.78, 5) is 19.0. The van der Waals surface area contributed by atoms with Crippen LogP contribution in [-0.4, -0.2) is 77.6 Å². The van der Waals surface area contributed by atoms with E-state index in [2.05, 4.69) is 54.5 Å². The van der Waals surface area contributed by atoms with E-state index in [-0.39, 0.29) is 40.4 Å². The molecule has 5 aromatic rings. The Morgan fingerprint density at radius 1 is 0.763 bits per heavy atom. The van der Waals surface area contributed by atoms with E-state index in [1.165, 1.54) is 13.1 Å². The number of phenolic OH excluding ortho intramolecular Hbond substituents is 2. The van der Waals surface area contributed by atoms with Gasteiger partial charge in [0.2, 0.25) is 11.6 Å². The van der Waals surface area contributed by atoms with Crippen molar-refractivity contribution < 1.29 is 85.3 Å². The second-order valence-corrected chi connectivity index (χ2v) is 15.0. The lowest BCUT2D eigenvalue weighted by Gasteiger charge is -2.13. The van der Waals surface area contributed by atoms with Gasteiger partial charge < -0.3 is 20.4 Å². The third-order valence-electron chi connectivity index (χ3n) is 7.19. The number of aromatic nitrogens is 2. The van der Waals surface area contributed by atoms with Gasteiger partial charge in [0.15, 0.2) is 17.2 Å². The molecule has 4 aromatic carbocycles. The highest BCUT2D eigenvalue weighted by molar-refractivity contribution is 7.95. The van der Waals surface area contributed by atoms with Crippen LogP contribution >= 0.6 is 24.1 Å². The van der Waals surface area contributed by atoms with E-state index in [1.54, 1.807) is 0 Å². The number of carboxylic acids is 1. The van der Waals surface area contributed by atoms with Crippen LogP contribution in [0.3, 0.4) is 0 Å². The Balaban J connectivity index is 1.66. The van der Waals surface area contributed by atoms with Crippen molar-refractivity contribution >= 4 is 101 Å². The molecule has 5 rings (SSSR count). The quantitative estimate of drug-likeness (QED) is 0.0125. The monoisotopic (exact) mass is 901 g/mol. The van der Waals surface area contributed by atoms with Crippen LogP contribution in [-0.2, 0) is 46.0 Å². The van der Waals surface area contributed by atoms with Crippen LogP contribution in [0.2, 0.25) is 0 Å². The van der Waals surface area contributed by atoms with E-state index in [1.807, 2.05) is 0 Å². The molecule has 0 amide bonds. The normalized spacial score (nSPS) is 12.4. The maximum absolute atomic E-state index is 12.5. The summed E-state index contributed by atoms with van der Waals surface area (Å²) in [6.07, 6.45) is 0. The molecular weight excluding hydrogens is 883 g/mol. The van der Waals surface area contributed by atoms with Gasteiger partial charge in [-0.15, -0.1) is 34.2 Å². The summed E-state index contributed by atoms with van der Waals surface area (Å²) in [5.74, 6) is -4.46. The predicted molar refractivity (Wildman–Crippen MR) is 192 cm³/mol. The number of nitro benzene ring substituents is 1. The van der Waals surface area contributed by atoms with Gasteiger partial charge in [-0.05, 0) is 41.8 Å². The summed E-state index contributed by atoms with van der Waals surface area (Å²) in [5, 5.41) is 103. The molecule has 32 heteroatoms. The molecule has 0 saturated heterocycles. The number of nitrogens with zero attached hydrogens (tertiary/aromatic N) is 9. The van der Waals surface area contributed by atoms with Gasteiger partial charge in [0.05, 0.1) is 49.9 Å². The maximum atomic E-state index is 12.5. The fourth-order valence-corrected chi connectivity index (χ4v) is 6.96. The number of hydrogen-bond donors (Lipinski definition) is 8. The van der Waals surface area contributed by atoms with E-state index in [9.17, 15) is 61.3 Å². The number of benzene rings is 4. The first kappa shape index (κ1) is 43.8. The molecular formula is C27H19N9O19S4. The summed E-state index contributed by atoms with van der Waals surface area (Å²) in [5.41, 5.74) is -4.71. The van der Waals surface area contributed by atoms with Crippen LogP contribution < -0.4 is 0 Å². The van der Waals surface area contributed by atoms with Crippen LogP contribution in [0.1, 0.15) is 10.5 Å². The summed E-state index contributed by atoms with van der Waals surface area (Å²) < 4.78 is 78.5. The SMILES string of the molecule is Cn1nc(C(=O)O)c(/N=N/c2ccc(/N=N/c3c(S(=O)(=O)O)cc4cc(SOOO)c(/N=N/c5ccc([N+](=O)[O-])cc5S(=O)(=O)O)c(O)c4c3O)c(SOOO)c2)c1O. The number of azo groups is 3. The minimum absolute atomic E-state index is 0.0759. The van der Waals surface area contributed by atoms with Gasteiger partial charge in [-0.3, -0.25) is 19.2 Å². The molecule has 1 heterocycles. The minimum Gasteiger partial charge on any atom is -0.505 e. The molecule has 0 bridgehead atoms. The average Bonchev–Trinajstić information content (AvgIpc) is 3.46. The molecule has 0 radical (unpaired) electrons. The Bertz CT molecular complexity index is 2830. The molecule has 0 unspecified atom stereocenters. The van der Waals surface area contributed by atoms with E-state index < -0.39 is 108 Å². The fraction of sp³-hybridized carbons (Fsp3) is 0.0370. The number of aromatic carboxylic acids is 1. The zero-order valence-corrected chi connectivity index (χ0v) is 31.6. The van der Waals surface area contributed by atoms with Crippen molar-refractivity contribution in [1.29, 1.82) is 0 Å². The van der Waals surface area contributed by atoms with Gasteiger partial charge in [-0.1, -0.05) is 10.1 Å². The number of phenols is 2. The Morgan fingerprint density at radius 3 is 1.95 bits per heavy atom. The van der Waals surface area contributed by atoms with E-state index >= 15 is 0 Å². The van der Waals surface area contributed by atoms with Crippen molar-refractivity contribution in [2.75, 3.05) is 0 Å². The lowest BCUT2D eigenvalue weighted by atomic mass is 10.1. The molecule has 0 atom stereocenters. The van der Waals surface area contributed by atoms with Gasteiger partial charge in [0.25, 0.3) is 25.9 Å². The first-order chi connectivity index (χ1) is 27.8. The summed E-state index contributed by atoms with van der Waals surface area (Å²) in [7, 11) is -9.24. The minimum atomic E-state index is -5.30. The largest absolute Gasteiger partial charge is 0.505 e. The van der Waals surface area contributed by atoms with Crippen molar-refractivity contribution in [3.05, 3.63) is 64.3 Å². The summed E-state index contributed by atoms with van der Waals surface area (Å²) in [6.45, 7) is 0. The number of carbonyl (C=O) groups is 1. The lowest BCUT2D eigenvalue weighted by Crippen LogP contribution is -2.00. The van der Waals surface area contributed by atoms with Crippen molar-refractivity contribution in [3.8, 4) is 17.4 Å². The molecule has 0 aliphatic heterocycles. The Kier molecular flexibility index (Phi) is 13.1. The van der Waals surface area contributed by atoms with Crippen molar-refractivity contribution in [2.45, 2.75) is 19.6 Å². The second-order valence-electron chi connectivity index (χ2n) is 10.8. The molecule has 0 spiro atoms. The molecule has 0 aliphatic rings. The zero-order chi connectivity index (χ0) is 43.4. The Labute approximate surface area is 334 Å². The summed E-state index contributed by atoms with van der Waals surface area (Å²) in [6, 6.07) is 7.14. The predicted octanol–water partition coefficient (Wildman–Crippen LogP) is 6.89. The fourth-order valence-electron chi connectivity index (χ4n) is 4.69. The third kappa shape index (κ3) is 9.71. The van der Waals surface area contributed by atoms with E-state index in [0.29, 0.717) is 12.1 Å². The molecule has 310 valence electrons. The number of fused-ring (bicyclic) bond motifs is 1. The highest BCUT2D eigenvalue weighted by Gasteiger charge is 2.28. The van der Waals surface area contributed by atoms with Gasteiger partial charge in [-0.2, -0.15) is 27.0 Å². The number of nitro groups is 1. The van der Waals surface area contributed by atoms with Crippen molar-refractivity contribution in [3.63, 3.8) is 0 Å². The van der Waals surface area contributed by atoms with Crippen molar-refractivity contribution in [1.82, 2.24) is 9.78 Å². The van der Waals surface area contributed by atoms with E-state index in [0.717, 1.165) is 35.0 Å². The standard InChI is InChI=1S/C27H19N9O19S4/c1-35-26(39)22(23(34-35)27(40)41)33-28-11-2-4-13(15(8-11)56-54-52-44)29-32-21-18(59(49,50)51)7-10-6-16(57-55-53-45)20(24(37)19(10)25(21)38)31-30-14-5-3-12(36(42)43)9-17(14)58(46,47)48/h2-9,37-39,44-45H,1H3,(H,40,41)(H,46,47,48)(H,49,50,51)/b31-30+,32-29+,33-28+. The Hall–Kier alpha value is -6.30. The number of rotatable bonds is 16. The Morgan fingerprint density at radius 2 is 1.34 bits per heavy atom. The summed E-state index contributed by atoms with van der Waals surface area (Å²) >= 11 is 0.357. The highest BCUT2D eigenvalue weighted by atomic mass is 32.2. The maximum Gasteiger partial charge on any atom is 0.358 e. The second kappa shape index (κ2) is 17.7. The number of aromatic hydroxyl groups is 3. The van der Waals surface area contributed by atoms with Crippen LogP contribution in [0.5, 0.6) is 17.4 Å². The number of hydrogen-bond acceptors (Lipinski definition) is 25. The molecule has 8 N–H and O–H groups in total. The number of aryl methyl sites for hydroxylation is 1. The number of carboxylic acid groups (broad SMARTS) is 1. The first-order valence-electron chi connectivity index (χ1n) is 14.7. The van der Waals surface area contributed by atoms with Gasteiger partial charge in [0, 0.05) is 19.2 Å². The number of non-ortho nitro benzene ring substituents is 1. The molecule has 59 heavy (non-hydrogen) atoms. The van der Waals surface area contributed by atoms with Crippen LogP contribution in [0.25, 0.3) is 10.8 Å². The smallest absolute Gasteiger partial charge is 0.358 e. The topological polar surface area (TPSA) is 419 Å². The van der Waals surface area contributed by atoms with Crippen molar-refractivity contribution in [2.24, 2.45) is 37.7 Å². The van der Waals surface area contributed by atoms with Crippen LogP contribution in [0.15, 0.2) is 98.8 Å². The van der Waals surface area contributed by atoms with Gasteiger partial charge in [0.1, 0.15) is 32.5 Å². The average molecular weight is 902 g/mol. The molecule has 0 saturated carbocycles. The van der Waals surface area contributed by atoms with Crippen LogP contribution in [0.4, 0.5) is 39.8 Å². The van der Waals surface area contributed by atoms with Crippen LogP contribution in [0, 0.1) is 10.1 Å². The highest BCUT2D eigenvalue weighted by Crippen LogP contribution is 2.51. The van der Waals surface area contributed by atoms with Gasteiger partial charge >= 0.3 is 5.97 Å². The molecule has 0 aliphatic carbocycles. The van der Waals surface area contributed by atoms with Gasteiger partial charge in [-0.25, -0.2) is 20.0 Å². The third-order valence-corrected chi connectivity index (χ3v) is 10.2. The molecule has 28 nitrogen and oxygen atoms in total. The lowest BCUT2D eigenvalue weighted by molar-refractivity contribution is -0.432. The molecule has 1 aromatic heterocycles.